The molecule has 0 bridgehead atoms. The molecule has 1 amide bonds. The van der Waals surface area contributed by atoms with Crippen LogP contribution < -0.4 is 14.4 Å². The number of nitrogens with one attached hydrogen (secondary N) is 1. The third-order valence-corrected chi connectivity index (χ3v) is 6.49. The van der Waals surface area contributed by atoms with Crippen LogP contribution in [0.4, 0.5) is 11.4 Å². The van der Waals surface area contributed by atoms with Crippen LogP contribution in [0.1, 0.15) is 21.5 Å². The van der Waals surface area contributed by atoms with Gasteiger partial charge in [0, 0.05) is 6.54 Å². The molecule has 1 aliphatic heterocycles. The maximum absolute atomic E-state index is 12.5. The molecular weight excluding hydrogens is 456 g/mol. The zero-order valence-electron chi connectivity index (χ0n) is 18.8. The summed E-state index contributed by atoms with van der Waals surface area (Å²) in [6, 6.07) is 19.2. The van der Waals surface area contributed by atoms with Crippen molar-refractivity contribution < 1.29 is 27.5 Å². The third-order valence-electron chi connectivity index (χ3n) is 5.31. The van der Waals surface area contributed by atoms with Gasteiger partial charge in [0.2, 0.25) is 10.0 Å². The lowest BCUT2D eigenvalue weighted by Crippen LogP contribution is -2.27. The Balaban J connectivity index is 1.37. The minimum absolute atomic E-state index is 0.255. The van der Waals surface area contributed by atoms with Crippen molar-refractivity contribution in [2.45, 2.75) is 13.3 Å². The summed E-state index contributed by atoms with van der Waals surface area (Å²) in [6.07, 6.45) is 1.65. The van der Waals surface area contributed by atoms with Gasteiger partial charge in [-0.15, -0.1) is 0 Å². The maximum atomic E-state index is 12.5. The van der Waals surface area contributed by atoms with E-state index in [2.05, 4.69) is 5.32 Å². The second-order valence-electron chi connectivity index (χ2n) is 7.96. The van der Waals surface area contributed by atoms with Crippen LogP contribution in [0.2, 0.25) is 0 Å². The minimum Gasteiger partial charge on any atom is -0.455 e. The van der Waals surface area contributed by atoms with Gasteiger partial charge in [0.25, 0.3) is 5.91 Å². The number of benzene rings is 3. The highest BCUT2D eigenvalue weighted by atomic mass is 32.2. The van der Waals surface area contributed by atoms with Crippen LogP contribution >= 0.6 is 0 Å². The zero-order chi connectivity index (χ0) is 24.3. The number of esters is 1. The highest BCUT2D eigenvalue weighted by Gasteiger charge is 2.27. The van der Waals surface area contributed by atoms with Crippen molar-refractivity contribution in [3.05, 3.63) is 83.4 Å². The predicted molar refractivity (Wildman–Crippen MR) is 129 cm³/mol. The number of aryl methyl sites for hydroxylation is 1. The molecule has 3 aromatic carbocycles. The van der Waals surface area contributed by atoms with E-state index >= 15 is 0 Å². The van der Waals surface area contributed by atoms with Crippen molar-refractivity contribution in [2.75, 3.05) is 29.0 Å². The summed E-state index contributed by atoms with van der Waals surface area (Å²) in [5.74, 6) is -0.0949. The first kappa shape index (κ1) is 23.3. The van der Waals surface area contributed by atoms with Gasteiger partial charge in [0.05, 0.1) is 23.2 Å². The van der Waals surface area contributed by atoms with Gasteiger partial charge in [-0.05, 0) is 61.4 Å². The van der Waals surface area contributed by atoms with Gasteiger partial charge in [0.1, 0.15) is 5.75 Å². The van der Waals surface area contributed by atoms with Crippen molar-refractivity contribution in [3.8, 4) is 11.5 Å². The molecule has 0 saturated carbocycles. The molecule has 0 radical (unpaired) electrons. The van der Waals surface area contributed by atoms with Crippen molar-refractivity contribution in [2.24, 2.45) is 0 Å². The molecule has 0 unspecified atom stereocenters. The Hall–Kier alpha value is -3.85. The number of amides is 1. The summed E-state index contributed by atoms with van der Waals surface area (Å²) in [7, 11) is -3.37. The molecule has 0 aromatic heterocycles. The van der Waals surface area contributed by atoms with Crippen LogP contribution in [0.3, 0.4) is 0 Å². The molecule has 0 fully saturated rings. The third kappa shape index (κ3) is 5.37. The Morgan fingerprint density at radius 2 is 1.76 bits per heavy atom. The lowest BCUT2D eigenvalue weighted by atomic mass is 10.1. The summed E-state index contributed by atoms with van der Waals surface area (Å²) in [6.45, 7) is 1.83. The monoisotopic (exact) mass is 480 g/mol. The Bertz CT molecular complexity index is 1340. The van der Waals surface area contributed by atoms with E-state index in [1.54, 1.807) is 36.4 Å². The molecule has 1 N–H and O–H groups in total. The number of carbonyl (C=O) groups excluding carboxylic acids is 2. The predicted octanol–water partition coefficient (Wildman–Crippen LogP) is 3.90. The molecule has 3 aromatic rings. The number of hydrogen-bond donors (Lipinski definition) is 1. The summed E-state index contributed by atoms with van der Waals surface area (Å²) in [5, 5.41) is 2.70. The van der Waals surface area contributed by atoms with Gasteiger partial charge < -0.3 is 14.8 Å². The van der Waals surface area contributed by atoms with Crippen LogP contribution in [-0.2, 0) is 26.0 Å². The number of sulfonamides is 1. The Kier molecular flexibility index (Phi) is 6.56. The van der Waals surface area contributed by atoms with E-state index in [1.807, 2.05) is 31.2 Å². The molecule has 4 rings (SSSR count). The van der Waals surface area contributed by atoms with Crippen molar-refractivity contribution in [1.82, 2.24) is 0 Å². The Morgan fingerprint density at radius 1 is 1.03 bits per heavy atom. The fourth-order valence-electron chi connectivity index (χ4n) is 3.64. The van der Waals surface area contributed by atoms with E-state index in [4.69, 9.17) is 9.47 Å². The molecular formula is C25H24N2O6S. The number of rotatable bonds is 7. The smallest absolute Gasteiger partial charge is 0.338 e. The topological polar surface area (TPSA) is 102 Å². The normalized spacial score (nSPS) is 12.7. The largest absolute Gasteiger partial charge is 0.455 e. The van der Waals surface area contributed by atoms with Gasteiger partial charge in [-0.1, -0.05) is 29.8 Å². The van der Waals surface area contributed by atoms with Crippen LogP contribution in [-0.4, -0.2) is 39.7 Å². The number of hydrogen-bond acceptors (Lipinski definition) is 6. The van der Waals surface area contributed by atoms with Crippen LogP contribution in [0, 0.1) is 6.92 Å². The second kappa shape index (κ2) is 9.56. The standard InChI is InChI=1S/C25H24N2O6S/c1-17-7-10-20(11-8-17)33-23-6-4-3-5-21(23)26-24(28)16-32-25(29)19-9-12-22-18(15-19)13-14-27(22)34(2,30)31/h3-12,15H,13-14,16H2,1-2H3,(H,26,28). The minimum atomic E-state index is -3.37. The first-order valence-electron chi connectivity index (χ1n) is 10.6. The van der Waals surface area contributed by atoms with Crippen LogP contribution in [0.15, 0.2) is 66.7 Å². The quantitative estimate of drug-likeness (QED) is 0.515. The van der Waals surface area contributed by atoms with E-state index in [0.717, 1.165) is 17.4 Å². The number of ether oxygens (including phenoxy) is 2. The first-order chi connectivity index (χ1) is 16.2. The summed E-state index contributed by atoms with van der Waals surface area (Å²) < 4.78 is 36.1. The van der Waals surface area contributed by atoms with E-state index in [-0.39, 0.29) is 5.56 Å². The molecule has 0 saturated heterocycles. The van der Waals surface area contributed by atoms with Gasteiger partial charge in [0.15, 0.2) is 12.4 Å². The molecule has 9 heteroatoms. The second-order valence-corrected chi connectivity index (χ2v) is 9.87. The van der Waals surface area contributed by atoms with E-state index in [9.17, 15) is 18.0 Å². The van der Waals surface area contributed by atoms with Gasteiger partial charge in [-0.25, -0.2) is 13.2 Å². The molecule has 1 aliphatic rings. The SMILES string of the molecule is Cc1ccc(Oc2ccccc2NC(=O)COC(=O)c2ccc3c(c2)CCN3S(C)(=O)=O)cc1. The van der Waals surface area contributed by atoms with Crippen molar-refractivity contribution >= 4 is 33.3 Å². The fraction of sp³-hybridized carbons (Fsp3) is 0.200. The molecule has 8 nitrogen and oxygen atoms in total. The summed E-state index contributed by atoms with van der Waals surface area (Å²) in [4.78, 5) is 24.9. The van der Waals surface area contributed by atoms with Gasteiger partial charge in [-0.2, -0.15) is 0 Å². The van der Waals surface area contributed by atoms with Gasteiger partial charge in [-0.3, -0.25) is 9.10 Å². The number of carbonyl (C=O) groups is 2. The number of para-hydroxylation sites is 2. The van der Waals surface area contributed by atoms with Gasteiger partial charge >= 0.3 is 5.97 Å². The molecule has 0 aliphatic carbocycles. The highest BCUT2D eigenvalue weighted by Crippen LogP contribution is 2.31. The van der Waals surface area contributed by atoms with E-state index in [0.29, 0.717) is 35.8 Å². The lowest BCUT2D eigenvalue weighted by molar-refractivity contribution is -0.119. The average molecular weight is 481 g/mol. The van der Waals surface area contributed by atoms with Crippen molar-refractivity contribution in [1.29, 1.82) is 0 Å². The highest BCUT2D eigenvalue weighted by molar-refractivity contribution is 7.92. The Labute approximate surface area is 198 Å². The molecule has 0 atom stereocenters. The summed E-state index contributed by atoms with van der Waals surface area (Å²) >= 11 is 0. The molecule has 34 heavy (non-hydrogen) atoms. The van der Waals surface area contributed by atoms with Crippen LogP contribution in [0.5, 0.6) is 11.5 Å². The summed E-state index contributed by atoms with van der Waals surface area (Å²) in [5.41, 5.74) is 3.10. The van der Waals surface area contributed by atoms with Crippen molar-refractivity contribution in [3.63, 3.8) is 0 Å². The van der Waals surface area contributed by atoms with Crippen LogP contribution in [0.25, 0.3) is 0 Å². The molecule has 0 spiro atoms. The molecule has 176 valence electrons. The van der Waals surface area contributed by atoms with E-state index < -0.39 is 28.5 Å². The Morgan fingerprint density at radius 3 is 2.50 bits per heavy atom. The fourth-order valence-corrected chi connectivity index (χ4v) is 4.59. The number of fused-ring (bicyclic) bond motifs is 1. The average Bonchev–Trinajstić information content (AvgIpc) is 3.24. The lowest BCUT2D eigenvalue weighted by Gasteiger charge is -2.16. The number of anilines is 2. The maximum Gasteiger partial charge on any atom is 0.338 e. The zero-order valence-corrected chi connectivity index (χ0v) is 19.6. The number of nitrogens with zero attached hydrogens (tertiary/aromatic N) is 1. The molecule has 1 heterocycles. The first-order valence-corrected chi connectivity index (χ1v) is 12.5. The van der Waals surface area contributed by atoms with E-state index in [1.165, 1.54) is 10.4 Å².